The first kappa shape index (κ1) is 11.6. The van der Waals surface area contributed by atoms with Crippen LogP contribution in [-0.4, -0.2) is 11.8 Å². The Morgan fingerprint density at radius 3 is 2.94 bits per heavy atom. The summed E-state index contributed by atoms with van der Waals surface area (Å²) in [6, 6.07) is 10.3. The van der Waals surface area contributed by atoms with E-state index >= 15 is 0 Å². The molecule has 17 heavy (non-hydrogen) atoms. The quantitative estimate of drug-likeness (QED) is 0.854. The van der Waals surface area contributed by atoms with Gasteiger partial charge in [-0.05, 0) is 29.9 Å². The Hall–Kier alpha value is -0.470. The van der Waals surface area contributed by atoms with E-state index in [1.807, 2.05) is 0 Å². The third-order valence-corrected chi connectivity index (χ3v) is 5.33. The Kier molecular flexibility index (Phi) is 3.44. The molecule has 0 radical (unpaired) electrons. The van der Waals surface area contributed by atoms with Gasteiger partial charge in [0.25, 0.3) is 0 Å². The summed E-state index contributed by atoms with van der Waals surface area (Å²) in [5, 5.41) is 3.90. The minimum Gasteiger partial charge on any atom is -0.306 e. The first-order chi connectivity index (χ1) is 8.34. The van der Waals surface area contributed by atoms with E-state index in [0.717, 1.165) is 12.0 Å². The van der Waals surface area contributed by atoms with Crippen molar-refractivity contribution in [2.75, 3.05) is 5.75 Å². The highest BCUT2D eigenvalue weighted by atomic mass is 32.2. The van der Waals surface area contributed by atoms with Crippen molar-refractivity contribution in [1.82, 2.24) is 5.32 Å². The molecule has 1 N–H and O–H groups in total. The maximum atomic E-state index is 3.90. The first-order valence-corrected chi connectivity index (χ1v) is 7.91. The number of hydrogen-bond donors (Lipinski definition) is 1. The molecule has 3 atom stereocenters. The van der Waals surface area contributed by atoms with E-state index in [2.05, 4.69) is 48.3 Å². The van der Waals surface area contributed by atoms with Gasteiger partial charge in [-0.1, -0.05) is 37.6 Å². The molecular formula is C15H21NS. The van der Waals surface area contributed by atoms with Gasteiger partial charge in [-0.15, -0.1) is 0 Å². The molecule has 3 unspecified atom stereocenters. The van der Waals surface area contributed by atoms with Crippen molar-refractivity contribution < 1.29 is 0 Å². The molecule has 1 aliphatic carbocycles. The van der Waals surface area contributed by atoms with Crippen LogP contribution in [0.4, 0.5) is 0 Å². The average molecular weight is 247 g/mol. The lowest BCUT2D eigenvalue weighted by Crippen LogP contribution is -2.37. The smallest absolute Gasteiger partial charge is 0.0417 e. The minimum atomic E-state index is 0.579. The molecule has 3 rings (SSSR count). The van der Waals surface area contributed by atoms with Gasteiger partial charge in [-0.2, -0.15) is 11.8 Å². The number of hydrogen-bond acceptors (Lipinski definition) is 2. The highest BCUT2D eigenvalue weighted by molar-refractivity contribution is 7.98. The molecule has 1 nitrogen and oxygen atoms in total. The Balaban J connectivity index is 1.76. The number of fused-ring (bicyclic) bond motifs is 1. The molecule has 1 aromatic carbocycles. The lowest BCUT2D eigenvalue weighted by Gasteiger charge is -2.30. The molecule has 0 amide bonds. The molecule has 0 saturated heterocycles. The molecule has 0 spiro atoms. The van der Waals surface area contributed by atoms with Gasteiger partial charge in [0.15, 0.2) is 0 Å². The van der Waals surface area contributed by atoms with E-state index in [-0.39, 0.29) is 0 Å². The van der Waals surface area contributed by atoms with Crippen LogP contribution >= 0.6 is 11.8 Å². The molecule has 2 heteroatoms. The Bertz CT molecular complexity index is 390. The monoisotopic (exact) mass is 247 g/mol. The summed E-state index contributed by atoms with van der Waals surface area (Å²) in [6.45, 7) is 2.40. The summed E-state index contributed by atoms with van der Waals surface area (Å²) in [4.78, 5) is 0. The second-order valence-corrected chi connectivity index (χ2v) is 6.48. The van der Waals surface area contributed by atoms with Crippen LogP contribution in [0.5, 0.6) is 0 Å². The zero-order valence-corrected chi connectivity index (χ0v) is 11.3. The molecule has 92 valence electrons. The summed E-state index contributed by atoms with van der Waals surface area (Å²) < 4.78 is 0. The largest absolute Gasteiger partial charge is 0.306 e. The molecule has 0 aromatic heterocycles. The third kappa shape index (κ3) is 2.38. The summed E-state index contributed by atoms with van der Waals surface area (Å²) in [6.07, 6.45) is 4.17. The molecule has 1 fully saturated rings. The van der Waals surface area contributed by atoms with Gasteiger partial charge < -0.3 is 5.32 Å². The van der Waals surface area contributed by atoms with Crippen LogP contribution in [0.3, 0.4) is 0 Å². The van der Waals surface area contributed by atoms with Gasteiger partial charge in [0.05, 0.1) is 0 Å². The normalized spacial score (nSPS) is 32.4. The molecule has 1 heterocycles. The van der Waals surface area contributed by atoms with Gasteiger partial charge in [-0.3, -0.25) is 0 Å². The lowest BCUT2D eigenvalue weighted by atomic mass is 9.99. The van der Waals surface area contributed by atoms with Crippen molar-refractivity contribution >= 4 is 11.8 Å². The molecule has 1 saturated carbocycles. The highest BCUT2D eigenvalue weighted by Gasteiger charge is 2.28. The van der Waals surface area contributed by atoms with Crippen LogP contribution in [0, 0.1) is 5.92 Å². The van der Waals surface area contributed by atoms with Crippen LogP contribution < -0.4 is 5.32 Å². The summed E-state index contributed by atoms with van der Waals surface area (Å²) >= 11 is 2.07. The van der Waals surface area contributed by atoms with Crippen molar-refractivity contribution in [3.63, 3.8) is 0 Å². The fourth-order valence-corrected chi connectivity index (χ4v) is 4.28. The fraction of sp³-hybridized carbons (Fsp3) is 0.600. The molecule has 1 aliphatic heterocycles. The molecule has 1 aromatic rings. The zero-order chi connectivity index (χ0) is 11.7. The van der Waals surface area contributed by atoms with Gasteiger partial charge in [0, 0.05) is 23.6 Å². The standard InChI is InChI=1S/C15H21NS/c1-11-5-4-8-14(11)16-15-10-17-9-12-6-2-3-7-13(12)15/h2-3,6-7,11,14-16H,4-5,8-10H2,1H3. The van der Waals surface area contributed by atoms with E-state index in [1.54, 1.807) is 5.56 Å². The van der Waals surface area contributed by atoms with E-state index in [0.29, 0.717) is 6.04 Å². The van der Waals surface area contributed by atoms with Gasteiger partial charge in [0.2, 0.25) is 0 Å². The topological polar surface area (TPSA) is 12.0 Å². The Morgan fingerprint density at radius 1 is 1.24 bits per heavy atom. The van der Waals surface area contributed by atoms with Crippen LogP contribution in [-0.2, 0) is 5.75 Å². The highest BCUT2D eigenvalue weighted by Crippen LogP contribution is 2.34. The summed E-state index contributed by atoms with van der Waals surface area (Å²) in [7, 11) is 0. The van der Waals surface area contributed by atoms with E-state index in [4.69, 9.17) is 0 Å². The summed E-state index contributed by atoms with van der Waals surface area (Å²) in [5.74, 6) is 3.28. The molecular weight excluding hydrogens is 226 g/mol. The van der Waals surface area contributed by atoms with Crippen molar-refractivity contribution in [3.05, 3.63) is 35.4 Å². The predicted octanol–water partition coefficient (Wildman–Crippen LogP) is 3.75. The predicted molar refractivity (Wildman–Crippen MR) is 75.3 cm³/mol. The van der Waals surface area contributed by atoms with Crippen molar-refractivity contribution in [3.8, 4) is 0 Å². The summed E-state index contributed by atoms with van der Waals surface area (Å²) in [5.41, 5.74) is 3.08. The Labute approximate surface area is 108 Å². The second kappa shape index (κ2) is 5.03. The first-order valence-electron chi connectivity index (χ1n) is 6.76. The third-order valence-electron chi connectivity index (χ3n) is 4.25. The number of rotatable bonds is 2. The van der Waals surface area contributed by atoms with Crippen LogP contribution in [0.2, 0.25) is 0 Å². The lowest BCUT2D eigenvalue weighted by molar-refractivity contribution is 0.389. The van der Waals surface area contributed by atoms with Gasteiger partial charge in [0.1, 0.15) is 0 Å². The van der Waals surface area contributed by atoms with Gasteiger partial charge in [-0.25, -0.2) is 0 Å². The van der Waals surface area contributed by atoms with Crippen molar-refractivity contribution in [2.45, 2.75) is 44.0 Å². The van der Waals surface area contributed by atoms with E-state index < -0.39 is 0 Å². The van der Waals surface area contributed by atoms with Crippen molar-refractivity contribution in [2.24, 2.45) is 5.92 Å². The fourth-order valence-electron chi connectivity index (χ4n) is 3.17. The number of nitrogens with one attached hydrogen (secondary N) is 1. The van der Waals surface area contributed by atoms with Crippen molar-refractivity contribution in [1.29, 1.82) is 0 Å². The minimum absolute atomic E-state index is 0.579. The maximum Gasteiger partial charge on any atom is 0.0417 e. The zero-order valence-electron chi connectivity index (χ0n) is 10.5. The molecule has 0 bridgehead atoms. The molecule has 2 aliphatic rings. The van der Waals surface area contributed by atoms with E-state index in [1.165, 1.54) is 36.3 Å². The van der Waals surface area contributed by atoms with E-state index in [9.17, 15) is 0 Å². The van der Waals surface area contributed by atoms with Gasteiger partial charge >= 0.3 is 0 Å². The van der Waals surface area contributed by atoms with Crippen LogP contribution in [0.15, 0.2) is 24.3 Å². The van der Waals surface area contributed by atoms with Crippen LogP contribution in [0.25, 0.3) is 0 Å². The maximum absolute atomic E-state index is 3.90. The second-order valence-electron chi connectivity index (χ2n) is 5.45. The average Bonchev–Trinajstić information content (AvgIpc) is 2.76. The number of benzene rings is 1. The van der Waals surface area contributed by atoms with Crippen LogP contribution in [0.1, 0.15) is 43.4 Å². The Morgan fingerprint density at radius 2 is 2.12 bits per heavy atom. The SMILES string of the molecule is CC1CCCC1NC1CSCc2ccccc21. The number of thioether (sulfide) groups is 1.